The van der Waals surface area contributed by atoms with E-state index in [2.05, 4.69) is 20.4 Å². The van der Waals surface area contributed by atoms with Crippen LogP contribution in [0.15, 0.2) is 18.3 Å². The van der Waals surface area contributed by atoms with E-state index in [0.29, 0.717) is 35.9 Å². The molecule has 3 aromatic rings. The molecule has 1 aliphatic heterocycles. The summed E-state index contributed by atoms with van der Waals surface area (Å²) in [6.07, 6.45) is 4.51. The summed E-state index contributed by atoms with van der Waals surface area (Å²) in [4.78, 5) is 8.34. The zero-order valence-corrected chi connectivity index (χ0v) is 17.3. The molecule has 1 saturated carbocycles. The summed E-state index contributed by atoms with van der Waals surface area (Å²) >= 11 is 0. The minimum absolute atomic E-state index is 0.0524. The molecule has 1 aliphatic carbocycles. The highest BCUT2D eigenvalue weighted by molar-refractivity contribution is 5.63. The second kappa shape index (κ2) is 9.11. The molecule has 4 N–H and O–H groups in total. The van der Waals surface area contributed by atoms with Crippen molar-refractivity contribution in [2.24, 2.45) is 0 Å². The second-order valence-corrected chi connectivity index (χ2v) is 7.73. The molecule has 5 rings (SSSR count). The van der Waals surface area contributed by atoms with Crippen LogP contribution < -0.4 is 15.8 Å². The van der Waals surface area contributed by atoms with Gasteiger partial charge in [0.2, 0.25) is 0 Å². The number of halogens is 2. The number of ether oxygens (including phenoxy) is 1. The predicted octanol–water partition coefficient (Wildman–Crippen LogP) is 2.60. The monoisotopic (exact) mass is 432 g/mol. The van der Waals surface area contributed by atoms with E-state index in [0.717, 1.165) is 31.6 Å². The van der Waals surface area contributed by atoms with E-state index in [1.165, 1.54) is 12.3 Å². The Hall–Kier alpha value is -2.85. The van der Waals surface area contributed by atoms with Crippen molar-refractivity contribution in [1.29, 1.82) is 0 Å². The van der Waals surface area contributed by atoms with Crippen LogP contribution in [0.2, 0.25) is 0 Å². The highest BCUT2D eigenvalue weighted by Crippen LogP contribution is 2.43. The predicted molar refractivity (Wildman–Crippen MR) is 112 cm³/mol. The number of nitrogens with one attached hydrogen (secondary N) is 1. The van der Waals surface area contributed by atoms with Gasteiger partial charge in [0.1, 0.15) is 34.8 Å². The number of hydrogen-bond donors (Lipinski definition) is 3. The van der Waals surface area contributed by atoms with Gasteiger partial charge in [-0.15, -0.1) is 0 Å². The van der Waals surface area contributed by atoms with Crippen molar-refractivity contribution in [2.45, 2.75) is 44.4 Å². The minimum atomic E-state index is -0.583. The third-order valence-corrected chi connectivity index (χ3v) is 5.44. The number of nitrogens with two attached hydrogens (primary N) is 1. The van der Waals surface area contributed by atoms with Crippen molar-refractivity contribution in [3.63, 3.8) is 0 Å². The average molecular weight is 432 g/mol. The number of aliphatic hydroxyl groups is 1. The third-order valence-electron chi connectivity index (χ3n) is 5.44. The Kier molecular flexibility index (Phi) is 6.28. The van der Waals surface area contributed by atoms with E-state index in [1.807, 2.05) is 0 Å². The molecule has 0 spiro atoms. The van der Waals surface area contributed by atoms with Crippen LogP contribution in [0.3, 0.4) is 0 Å². The minimum Gasteiger partial charge on any atom is -0.495 e. The normalized spacial score (nSPS) is 16.8. The Labute approximate surface area is 178 Å². The number of methoxy groups -OCH3 is 1. The summed E-state index contributed by atoms with van der Waals surface area (Å²) in [6, 6.07) is 2.97. The van der Waals surface area contributed by atoms with Crippen LogP contribution >= 0.6 is 0 Å². The highest BCUT2D eigenvalue weighted by Gasteiger charge is 2.30. The first kappa shape index (κ1) is 21.4. The van der Waals surface area contributed by atoms with Gasteiger partial charge in [-0.3, -0.25) is 0 Å². The van der Waals surface area contributed by atoms with Gasteiger partial charge in [-0.05, 0) is 44.8 Å². The molecular weight excluding hydrogens is 406 g/mol. The zero-order valence-electron chi connectivity index (χ0n) is 17.3. The van der Waals surface area contributed by atoms with Crippen molar-refractivity contribution in [2.75, 3.05) is 25.9 Å². The molecule has 3 aromatic heterocycles. The lowest BCUT2D eigenvalue weighted by molar-refractivity contribution is 0.262. The van der Waals surface area contributed by atoms with Gasteiger partial charge in [-0.25, -0.2) is 23.3 Å². The number of nitrogen functional groups attached to an aromatic ring is 1. The number of rotatable bonds is 4. The number of imidazole rings is 1. The van der Waals surface area contributed by atoms with Crippen molar-refractivity contribution < 1.29 is 18.6 Å². The van der Waals surface area contributed by atoms with E-state index in [1.54, 1.807) is 17.7 Å². The van der Waals surface area contributed by atoms with Crippen molar-refractivity contribution in [1.82, 2.24) is 24.9 Å². The van der Waals surface area contributed by atoms with Crippen LogP contribution in [0.5, 0.6) is 5.75 Å². The molecule has 31 heavy (non-hydrogen) atoms. The maximum absolute atomic E-state index is 14.4. The lowest BCUT2D eigenvalue weighted by Gasteiger charge is -2.14. The van der Waals surface area contributed by atoms with Crippen LogP contribution in [-0.2, 0) is 6.61 Å². The SMILES string of the molecule is COc1cc2ncc(-c3nc(N)c(CO)cc3F)n2nc1C1CC1.FC1CCNCC1. The van der Waals surface area contributed by atoms with Crippen LogP contribution in [0.4, 0.5) is 14.6 Å². The lowest BCUT2D eigenvalue weighted by atomic mass is 10.1. The first-order valence-corrected chi connectivity index (χ1v) is 10.4. The van der Waals surface area contributed by atoms with Gasteiger partial charge in [-0.2, -0.15) is 5.10 Å². The molecule has 1 saturated heterocycles. The second-order valence-electron chi connectivity index (χ2n) is 7.73. The Balaban J connectivity index is 0.000000282. The zero-order chi connectivity index (χ0) is 22.0. The molecule has 0 aromatic carbocycles. The van der Waals surface area contributed by atoms with E-state index >= 15 is 0 Å². The molecule has 0 bridgehead atoms. The summed E-state index contributed by atoms with van der Waals surface area (Å²) in [5.74, 6) is 0.547. The Morgan fingerprint density at radius 2 is 2.00 bits per heavy atom. The van der Waals surface area contributed by atoms with Crippen LogP contribution in [0.1, 0.15) is 42.9 Å². The first-order chi connectivity index (χ1) is 15.0. The molecule has 166 valence electrons. The first-order valence-electron chi connectivity index (χ1n) is 10.4. The molecular formula is C21H26F2N6O2. The maximum Gasteiger partial charge on any atom is 0.157 e. The molecule has 0 atom stereocenters. The number of hydrogen-bond acceptors (Lipinski definition) is 7. The van der Waals surface area contributed by atoms with Crippen LogP contribution in [0, 0.1) is 5.82 Å². The molecule has 0 unspecified atom stereocenters. The van der Waals surface area contributed by atoms with Gasteiger partial charge in [0, 0.05) is 17.5 Å². The smallest absolute Gasteiger partial charge is 0.157 e. The van der Waals surface area contributed by atoms with Gasteiger partial charge in [0.05, 0.1) is 19.9 Å². The van der Waals surface area contributed by atoms with Gasteiger partial charge in [0.15, 0.2) is 11.5 Å². The summed E-state index contributed by atoms with van der Waals surface area (Å²) in [5, 5.41) is 16.8. The summed E-state index contributed by atoms with van der Waals surface area (Å²) in [5.41, 5.74) is 7.86. The number of aromatic nitrogens is 4. The fourth-order valence-electron chi connectivity index (χ4n) is 3.51. The van der Waals surface area contributed by atoms with E-state index in [9.17, 15) is 8.78 Å². The number of nitrogens with zero attached hydrogens (tertiary/aromatic N) is 4. The number of piperidine rings is 1. The number of alkyl halides is 1. The molecule has 4 heterocycles. The number of pyridine rings is 1. The molecule has 8 nitrogen and oxygen atoms in total. The standard InChI is InChI=1S/C16H16FN5O2.C5H10FN/c1-24-12-5-13-19-6-11(22(13)21-14(12)8-2-3-8)15-10(17)4-9(7-23)16(18)20-15;6-5-1-3-7-4-2-5/h4-6,8,23H,2-3,7H2,1H3,(H2,18,20);5,7H,1-4H2. The number of anilines is 1. The fraction of sp³-hybridized carbons (Fsp3) is 0.476. The lowest BCUT2D eigenvalue weighted by Crippen LogP contribution is -2.28. The van der Waals surface area contributed by atoms with E-state index in [-0.39, 0.29) is 23.7 Å². The highest BCUT2D eigenvalue weighted by atomic mass is 19.1. The van der Waals surface area contributed by atoms with E-state index in [4.69, 9.17) is 15.6 Å². The van der Waals surface area contributed by atoms with Crippen molar-refractivity contribution in [3.05, 3.63) is 35.4 Å². The topological polar surface area (TPSA) is 111 Å². The maximum atomic E-state index is 14.4. The molecule has 2 aliphatic rings. The third kappa shape index (κ3) is 4.59. The number of aliphatic hydroxyl groups excluding tert-OH is 1. The molecule has 2 fully saturated rings. The summed E-state index contributed by atoms with van der Waals surface area (Å²) in [6.45, 7) is 1.35. The quantitative estimate of drug-likeness (QED) is 0.581. The number of fused-ring (bicyclic) bond motifs is 1. The van der Waals surface area contributed by atoms with Gasteiger partial charge in [0.25, 0.3) is 0 Å². The summed E-state index contributed by atoms with van der Waals surface area (Å²) < 4.78 is 33.5. The molecule has 10 heteroatoms. The van der Waals surface area contributed by atoms with Crippen molar-refractivity contribution >= 4 is 11.5 Å². The van der Waals surface area contributed by atoms with E-state index < -0.39 is 12.0 Å². The largest absolute Gasteiger partial charge is 0.495 e. The molecule has 0 amide bonds. The Bertz CT molecular complexity index is 1060. The van der Waals surface area contributed by atoms with Crippen LogP contribution in [0.25, 0.3) is 17.0 Å². The Morgan fingerprint density at radius 1 is 1.26 bits per heavy atom. The van der Waals surface area contributed by atoms with Gasteiger partial charge in [-0.1, -0.05) is 0 Å². The summed E-state index contributed by atoms with van der Waals surface area (Å²) in [7, 11) is 1.60. The van der Waals surface area contributed by atoms with Gasteiger partial charge < -0.3 is 20.9 Å². The average Bonchev–Trinajstić information content (AvgIpc) is 3.55. The molecule has 0 radical (unpaired) electrons. The van der Waals surface area contributed by atoms with Crippen LogP contribution in [-0.4, -0.2) is 51.1 Å². The van der Waals surface area contributed by atoms with Crippen molar-refractivity contribution in [3.8, 4) is 17.1 Å². The Morgan fingerprint density at radius 3 is 2.58 bits per heavy atom. The van der Waals surface area contributed by atoms with Gasteiger partial charge >= 0.3 is 0 Å². The fourth-order valence-corrected chi connectivity index (χ4v) is 3.51.